The van der Waals surface area contributed by atoms with Gasteiger partial charge in [-0.15, -0.1) is 0 Å². The number of hydrogen-bond acceptors (Lipinski definition) is 7. The lowest BCUT2D eigenvalue weighted by Crippen LogP contribution is -2.24. The lowest BCUT2D eigenvalue weighted by atomic mass is 10.2. The smallest absolute Gasteiger partial charge is 0.279 e. The summed E-state index contributed by atoms with van der Waals surface area (Å²) in [6.45, 7) is 3.51. The third-order valence-corrected chi connectivity index (χ3v) is 6.49. The Balaban J connectivity index is 1.35. The number of aromatic nitrogens is 3. The number of aliphatic hydroxyl groups excluding tert-OH is 2. The molecule has 2 heterocycles. The van der Waals surface area contributed by atoms with Gasteiger partial charge in [-0.2, -0.15) is 0 Å². The molecule has 0 aliphatic rings. The van der Waals surface area contributed by atoms with Crippen LogP contribution in [-0.4, -0.2) is 37.3 Å². The molecule has 10 heteroatoms. The molecule has 0 saturated heterocycles. The molecule has 0 amide bonds. The molecule has 206 valence electrons. The van der Waals surface area contributed by atoms with Crippen molar-refractivity contribution in [3.63, 3.8) is 0 Å². The lowest BCUT2D eigenvalue weighted by molar-refractivity contribution is 0.123. The van der Waals surface area contributed by atoms with Crippen LogP contribution < -0.4 is 20.3 Å². The summed E-state index contributed by atoms with van der Waals surface area (Å²) in [7, 11) is 1.73. The fraction of sp³-hybridized carbons (Fsp3) is 0.200. The first-order valence-corrected chi connectivity index (χ1v) is 12.7. The number of benzene rings is 3. The summed E-state index contributed by atoms with van der Waals surface area (Å²) in [5.74, 6) is 0.255. The molecule has 0 aliphatic heterocycles. The molecule has 2 aromatic heterocycles. The van der Waals surface area contributed by atoms with Crippen molar-refractivity contribution in [1.29, 1.82) is 0 Å². The van der Waals surface area contributed by atoms with Gasteiger partial charge in [-0.25, -0.2) is 9.07 Å². The van der Waals surface area contributed by atoms with Crippen molar-refractivity contribution in [2.45, 2.75) is 26.2 Å². The Morgan fingerprint density at radius 2 is 1.80 bits per heavy atom. The van der Waals surface area contributed by atoms with Crippen molar-refractivity contribution in [2.24, 2.45) is 7.05 Å². The lowest BCUT2D eigenvalue weighted by Gasteiger charge is -2.15. The summed E-state index contributed by atoms with van der Waals surface area (Å²) in [4.78, 5) is 17.5. The first-order chi connectivity index (χ1) is 19.2. The summed E-state index contributed by atoms with van der Waals surface area (Å²) in [6, 6.07) is 20.1. The molecule has 0 fully saturated rings. The molecule has 2 atom stereocenters. The molecule has 0 spiro atoms. The van der Waals surface area contributed by atoms with E-state index in [9.17, 15) is 15.0 Å². The van der Waals surface area contributed by atoms with Crippen LogP contribution in [0.2, 0.25) is 0 Å². The molecular weight excluding hydrogens is 515 g/mol. The summed E-state index contributed by atoms with van der Waals surface area (Å²) >= 11 is 0. The zero-order valence-electron chi connectivity index (χ0n) is 22.2. The van der Waals surface area contributed by atoms with Gasteiger partial charge < -0.3 is 25.0 Å². The number of rotatable bonds is 9. The van der Waals surface area contributed by atoms with Crippen molar-refractivity contribution in [2.75, 3.05) is 11.9 Å². The Hall–Kier alpha value is -4.67. The van der Waals surface area contributed by atoms with Gasteiger partial charge in [0.05, 0.1) is 22.9 Å². The van der Waals surface area contributed by atoms with Crippen LogP contribution in [0.15, 0.2) is 83.8 Å². The third-order valence-electron chi connectivity index (χ3n) is 6.49. The van der Waals surface area contributed by atoms with Crippen molar-refractivity contribution in [3.05, 3.63) is 106 Å². The van der Waals surface area contributed by atoms with Crippen molar-refractivity contribution in [3.8, 4) is 22.9 Å². The summed E-state index contributed by atoms with van der Waals surface area (Å²) in [5.41, 5.74) is 1.87. The Kier molecular flexibility index (Phi) is 7.54. The van der Waals surface area contributed by atoms with Gasteiger partial charge >= 0.3 is 0 Å². The number of nitrogens with one attached hydrogen (secondary N) is 1. The first kappa shape index (κ1) is 26.9. The standard InChI is InChI=1S/C30H29FN4O5/c1-18(36)17-39-22-10-11-23-25(16-22)32-14-13-26(23)40-27-12-9-20(15-24(27)31)33-29(37)28-19(2)34(3)35(30(28)38)21-7-5-4-6-8-21/h4-16,18,29,33,36-37H,17H2,1-3H3/t18-,29?/m1/s1. The van der Waals surface area contributed by atoms with Gasteiger partial charge in [0.25, 0.3) is 5.56 Å². The number of nitrogens with zero attached hydrogens (tertiary/aromatic N) is 3. The molecule has 3 N–H and O–H groups in total. The van der Waals surface area contributed by atoms with E-state index in [2.05, 4.69) is 10.3 Å². The Bertz CT molecular complexity index is 1720. The predicted molar refractivity (Wildman–Crippen MR) is 150 cm³/mol. The number of hydrogen-bond donors (Lipinski definition) is 3. The maximum Gasteiger partial charge on any atom is 0.279 e. The molecule has 0 bridgehead atoms. The van der Waals surface area contributed by atoms with Crippen LogP contribution in [-0.2, 0) is 7.05 Å². The van der Waals surface area contributed by atoms with Crippen LogP contribution in [0.1, 0.15) is 24.4 Å². The third kappa shape index (κ3) is 5.40. The molecule has 9 nitrogen and oxygen atoms in total. The van der Waals surface area contributed by atoms with Gasteiger partial charge in [0, 0.05) is 42.1 Å². The highest BCUT2D eigenvalue weighted by Crippen LogP contribution is 2.33. The molecule has 1 unspecified atom stereocenters. The Morgan fingerprint density at radius 1 is 1.02 bits per heavy atom. The van der Waals surface area contributed by atoms with Crippen molar-refractivity contribution < 1.29 is 24.1 Å². The van der Waals surface area contributed by atoms with E-state index in [0.717, 1.165) is 0 Å². The topological polar surface area (TPSA) is 111 Å². The molecule has 0 saturated carbocycles. The van der Waals surface area contributed by atoms with Gasteiger partial charge in [-0.05, 0) is 56.3 Å². The first-order valence-electron chi connectivity index (χ1n) is 12.7. The highest BCUT2D eigenvalue weighted by atomic mass is 19.1. The predicted octanol–water partition coefficient (Wildman–Crippen LogP) is 4.83. The van der Waals surface area contributed by atoms with Gasteiger partial charge in [0.1, 0.15) is 18.1 Å². The highest BCUT2D eigenvalue weighted by molar-refractivity contribution is 5.86. The van der Waals surface area contributed by atoms with Crippen LogP contribution in [0.3, 0.4) is 0 Å². The minimum absolute atomic E-state index is 0.0238. The van der Waals surface area contributed by atoms with E-state index in [1.54, 1.807) is 74.2 Å². The quantitative estimate of drug-likeness (QED) is 0.228. The number of anilines is 1. The fourth-order valence-corrected chi connectivity index (χ4v) is 4.42. The second-order valence-electron chi connectivity index (χ2n) is 9.42. The zero-order chi connectivity index (χ0) is 28.4. The van der Waals surface area contributed by atoms with Crippen LogP contribution in [0, 0.1) is 12.7 Å². The highest BCUT2D eigenvalue weighted by Gasteiger charge is 2.23. The molecule has 5 aromatic rings. The van der Waals surface area contributed by atoms with E-state index in [0.29, 0.717) is 33.8 Å². The van der Waals surface area contributed by atoms with E-state index in [-0.39, 0.29) is 29.2 Å². The second kappa shape index (κ2) is 11.2. The van der Waals surface area contributed by atoms with Gasteiger partial charge in [0.2, 0.25) is 0 Å². The monoisotopic (exact) mass is 544 g/mol. The number of ether oxygens (including phenoxy) is 2. The number of pyridine rings is 1. The number of halogens is 1. The average Bonchev–Trinajstić information content (AvgIpc) is 3.16. The summed E-state index contributed by atoms with van der Waals surface area (Å²) in [5, 5.41) is 23.8. The summed E-state index contributed by atoms with van der Waals surface area (Å²) < 4.78 is 29.6. The van der Waals surface area contributed by atoms with E-state index in [1.807, 2.05) is 18.2 Å². The minimum atomic E-state index is -1.37. The zero-order valence-corrected chi connectivity index (χ0v) is 22.2. The number of aliphatic hydroxyl groups is 2. The van der Waals surface area contributed by atoms with E-state index in [4.69, 9.17) is 9.47 Å². The number of para-hydroxylation sites is 1. The largest absolute Gasteiger partial charge is 0.491 e. The molecule has 0 aliphatic carbocycles. The number of fused-ring (bicyclic) bond motifs is 1. The molecule has 3 aromatic carbocycles. The molecule has 5 rings (SSSR count). The van der Waals surface area contributed by atoms with Crippen LogP contribution in [0.4, 0.5) is 10.1 Å². The van der Waals surface area contributed by atoms with Crippen LogP contribution >= 0.6 is 0 Å². The Labute approximate surface area is 229 Å². The maximum absolute atomic E-state index is 15.1. The van der Waals surface area contributed by atoms with E-state index >= 15 is 4.39 Å². The second-order valence-corrected chi connectivity index (χ2v) is 9.42. The van der Waals surface area contributed by atoms with Crippen molar-refractivity contribution >= 4 is 16.6 Å². The van der Waals surface area contributed by atoms with Crippen LogP contribution in [0.25, 0.3) is 16.6 Å². The van der Waals surface area contributed by atoms with Gasteiger partial charge in [-0.1, -0.05) is 18.2 Å². The molecule has 40 heavy (non-hydrogen) atoms. The van der Waals surface area contributed by atoms with E-state index < -0.39 is 18.1 Å². The molecular formula is C30H29FN4O5. The minimum Gasteiger partial charge on any atom is -0.491 e. The average molecular weight is 545 g/mol. The van der Waals surface area contributed by atoms with Crippen LogP contribution in [0.5, 0.6) is 17.2 Å². The fourth-order valence-electron chi connectivity index (χ4n) is 4.42. The SMILES string of the molecule is Cc1c(C(O)Nc2ccc(Oc3ccnc4cc(OC[C@@H](C)O)ccc34)c(F)c2)c(=O)n(-c2ccccc2)n1C. The normalized spacial score (nSPS) is 12.8. The molecule has 0 radical (unpaired) electrons. The van der Waals surface area contributed by atoms with E-state index in [1.165, 1.54) is 16.8 Å². The van der Waals surface area contributed by atoms with Gasteiger partial charge in [-0.3, -0.25) is 14.5 Å². The summed E-state index contributed by atoms with van der Waals surface area (Å²) in [6.07, 6.45) is -0.432. The maximum atomic E-state index is 15.1. The Morgan fingerprint density at radius 3 is 2.52 bits per heavy atom. The van der Waals surface area contributed by atoms with Gasteiger partial charge in [0.15, 0.2) is 17.8 Å². The van der Waals surface area contributed by atoms with Crippen molar-refractivity contribution in [1.82, 2.24) is 14.3 Å².